The van der Waals surface area contributed by atoms with Gasteiger partial charge >= 0.3 is 0 Å². The lowest BCUT2D eigenvalue weighted by Crippen LogP contribution is -2.28. The monoisotopic (exact) mass is 463 g/mol. The molecular weight excluding hydrogens is 438 g/mol. The van der Waals surface area contributed by atoms with Crippen molar-refractivity contribution in [3.63, 3.8) is 0 Å². The molecule has 1 unspecified atom stereocenters. The van der Waals surface area contributed by atoms with Gasteiger partial charge in [0.15, 0.2) is 0 Å². The van der Waals surface area contributed by atoms with E-state index >= 15 is 0 Å². The summed E-state index contributed by atoms with van der Waals surface area (Å²) in [5.74, 6) is -1.28. The van der Waals surface area contributed by atoms with Gasteiger partial charge in [-0.2, -0.15) is 0 Å². The zero-order chi connectivity index (χ0) is 23.5. The van der Waals surface area contributed by atoms with Gasteiger partial charge in [0.2, 0.25) is 16.9 Å². The van der Waals surface area contributed by atoms with E-state index < -0.39 is 5.92 Å². The summed E-state index contributed by atoms with van der Waals surface area (Å²) in [6, 6.07) is 12.7. The first-order valence-corrected chi connectivity index (χ1v) is 11.6. The second-order valence-corrected chi connectivity index (χ2v) is 9.16. The molecular formula is C24H25N5O3S. The summed E-state index contributed by atoms with van der Waals surface area (Å²) in [4.78, 5) is 40.1. The van der Waals surface area contributed by atoms with Gasteiger partial charge in [-0.05, 0) is 55.7 Å². The summed E-state index contributed by atoms with van der Waals surface area (Å²) in [6.07, 6.45) is 0.858. The van der Waals surface area contributed by atoms with E-state index in [4.69, 9.17) is 0 Å². The van der Waals surface area contributed by atoms with Gasteiger partial charge in [0.1, 0.15) is 5.01 Å². The summed E-state index contributed by atoms with van der Waals surface area (Å²) in [7, 11) is 0. The summed E-state index contributed by atoms with van der Waals surface area (Å²) < 4.78 is 0. The maximum Gasteiger partial charge on any atom is 0.259 e. The SMILES string of the molecule is CCc1nnc(NC(=O)c2ccccc2NC(=O)C2CC(=O)N(c3cc(C)cc(C)c3)C2)s1. The fourth-order valence-electron chi connectivity index (χ4n) is 3.88. The highest BCUT2D eigenvalue weighted by molar-refractivity contribution is 7.15. The summed E-state index contributed by atoms with van der Waals surface area (Å²) >= 11 is 1.31. The Morgan fingerprint density at radius 3 is 2.52 bits per heavy atom. The van der Waals surface area contributed by atoms with Gasteiger partial charge in [-0.15, -0.1) is 10.2 Å². The van der Waals surface area contributed by atoms with Gasteiger partial charge in [-0.25, -0.2) is 0 Å². The van der Waals surface area contributed by atoms with Crippen LogP contribution in [0.3, 0.4) is 0 Å². The van der Waals surface area contributed by atoms with Crippen LogP contribution in [0, 0.1) is 19.8 Å². The Bertz CT molecular complexity index is 1200. The van der Waals surface area contributed by atoms with Gasteiger partial charge in [-0.1, -0.05) is 36.5 Å². The molecule has 0 aliphatic carbocycles. The van der Waals surface area contributed by atoms with Gasteiger partial charge in [0, 0.05) is 18.7 Å². The fraction of sp³-hybridized carbons (Fsp3) is 0.292. The van der Waals surface area contributed by atoms with E-state index in [1.165, 1.54) is 11.3 Å². The van der Waals surface area contributed by atoms with Gasteiger partial charge in [0.05, 0.1) is 17.2 Å². The van der Waals surface area contributed by atoms with Crippen molar-refractivity contribution < 1.29 is 14.4 Å². The van der Waals surface area contributed by atoms with Crippen LogP contribution in [-0.4, -0.2) is 34.5 Å². The van der Waals surface area contributed by atoms with E-state index in [0.717, 1.165) is 28.2 Å². The largest absolute Gasteiger partial charge is 0.325 e. The molecule has 0 radical (unpaired) electrons. The van der Waals surface area contributed by atoms with E-state index in [2.05, 4.69) is 20.8 Å². The molecule has 3 aromatic rings. The molecule has 1 saturated heterocycles. The molecule has 3 amide bonds. The second-order valence-electron chi connectivity index (χ2n) is 8.09. The Hall–Kier alpha value is -3.59. The lowest BCUT2D eigenvalue weighted by atomic mass is 10.1. The number of hydrogen-bond acceptors (Lipinski definition) is 6. The van der Waals surface area contributed by atoms with Crippen molar-refractivity contribution in [1.29, 1.82) is 0 Å². The average molecular weight is 464 g/mol. The van der Waals surface area contributed by atoms with Crippen LogP contribution in [0.2, 0.25) is 0 Å². The number of anilines is 3. The average Bonchev–Trinajstić information content (AvgIpc) is 3.39. The third-order valence-corrected chi connectivity index (χ3v) is 6.42. The molecule has 0 spiro atoms. The van der Waals surface area contributed by atoms with Crippen molar-refractivity contribution in [3.05, 3.63) is 64.2 Å². The Kier molecular flexibility index (Phi) is 6.50. The Balaban J connectivity index is 1.46. The molecule has 33 heavy (non-hydrogen) atoms. The topological polar surface area (TPSA) is 104 Å². The van der Waals surface area contributed by atoms with Gasteiger partial charge in [-0.3, -0.25) is 19.7 Å². The highest BCUT2D eigenvalue weighted by Crippen LogP contribution is 2.28. The number of amides is 3. The fourth-order valence-corrected chi connectivity index (χ4v) is 4.55. The molecule has 1 fully saturated rings. The number of aromatic nitrogens is 2. The smallest absolute Gasteiger partial charge is 0.259 e. The summed E-state index contributed by atoms with van der Waals surface area (Å²) in [5, 5.41) is 14.8. The lowest BCUT2D eigenvalue weighted by Gasteiger charge is -2.18. The molecule has 2 N–H and O–H groups in total. The maximum atomic E-state index is 13.0. The van der Waals surface area contributed by atoms with E-state index in [1.54, 1.807) is 29.2 Å². The van der Waals surface area contributed by atoms with Crippen molar-refractivity contribution in [2.75, 3.05) is 22.1 Å². The Morgan fingerprint density at radius 2 is 1.82 bits per heavy atom. The molecule has 1 aliphatic heterocycles. The molecule has 2 heterocycles. The van der Waals surface area contributed by atoms with Crippen LogP contribution in [0.5, 0.6) is 0 Å². The highest BCUT2D eigenvalue weighted by atomic mass is 32.1. The molecule has 2 aromatic carbocycles. The quantitative estimate of drug-likeness (QED) is 0.576. The summed E-state index contributed by atoms with van der Waals surface area (Å²) in [5.41, 5.74) is 3.63. The minimum atomic E-state index is -0.510. The first-order chi connectivity index (χ1) is 15.8. The molecule has 0 bridgehead atoms. The van der Waals surface area contributed by atoms with Crippen molar-refractivity contribution in [2.24, 2.45) is 5.92 Å². The van der Waals surface area contributed by atoms with Crippen LogP contribution < -0.4 is 15.5 Å². The number of carbonyl (C=O) groups excluding carboxylic acids is 3. The summed E-state index contributed by atoms with van der Waals surface area (Å²) in [6.45, 7) is 6.22. The minimum Gasteiger partial charge on any atom is -0.325 e. The van der Waals surface area contributed by atoms with Crippen LogP contribution >= 0.6 is 11.3 Å². The molecule has 1 atom stereocenters. The lowest BCUT2D eigenvalue weighted by molar-refractivity contribution is -0.122. The van der Waals surface area contributed by atoms with Crippen LogP contribution in [0.1, 0.15) is 39.8 Å². The number of nitrogens with one attached hydrogen (secondary N) is 2. The normalized spacial score (nSPS) is 15.5. The van der Waals surface area contributed by atoms with E-state index in [9.17, 15) is 14.4 Å². The molecule has 1 aliphatic rings. The Labute approximate surface area is 196 Å². The van der Waals surface area contributed by atoms with Crippen LogP contribution in [0.15, 0.2) is 42.5 Å². The van der Waals surface area contributed by atoms with E-state index in [0.29, 0.717) is 22.9 Å². The van der Waals surface area contributed by atoms with Crippen LogP contribution in [-0.2, 0) is 16.0 Å². The van der Waals surface area contributed by atoms with E-state index in [1.807, 2.05) is 39.0 Å². The predicted molar refractivity (Wildman–Crippen MR) is 129 cm³/mol. The predicted octanol–water partition coefficient (Wildman–Crippen LogP) is 3.96. The molecule has 0 saturated carbocycles. The number of rotatable bonds is 6. The number of carbonyl (C=O) groups is 3. The van der Waals surface area contributed by atoms with Crippen LogP contribution in [0.25, 0.3) is 0 Å². The Morgan fingerprint density at radius 1 is 1.09 bits per heavy atom. The van der Waals surface area contributed by atoms with E-state index in [-0.39, 0.29) is 24.1 Å². The number of hydrogen-bond donors (Lipinski definition) is 2. The molecule has 8 nitrogen and oxygen atoms in total. The molecule has 4 rings (SSSR count). The number of aryl methyl sites for hydroxylation is 3. The first-order valence-electron chi connectivity index (χ1n) is 10.8. The highest BCUT2D eigenvalue weighted by Gasteiger charge is 2.35. The maximum absolute atomic E-state index is 13.0. The molecule has 9 heteroatoms. The molecule has 1 aromatic heterocycles. The number of para-hydroxylation sites is 1. The first kappa shape index (κ1) is 22.6. The third-order valence-electron chi connectivity index (χ3n) is 5.43. The van der Waals surface area contributed by atoms with Crippen LogP contribution in [0.4, 0.5) is 16.5 Å². The third kappa shape index (κ3) is 5.09. The van der Waals surface area contributed by atoms with Gasteiger partial charge < -0.3 is 10.2 Å². The minimum absolute atomic E-state index is 0.0887. The second kappa shape index (κ2) is 9.50. The van der Waals surface area contributed by atoms with Crippen molar-refractivity contribution in [3.8, 4) is 0 Å². The molecule has 170 valence electrons. The van der Waals surface area contributed by atoms with Crippen molar-refractivity contribution in [2.45, 2.75) is 33.6 Å². The van der Waals surface area contributed by atoms with Gasteiger partial charge in [0.25, 0.3) is 5.91 Å². The van der Waals surface area contributed by atoms with Crippen molar-refractivity contribution >= 4 is 45.6 Å². The number of benzene rings is 2. The zero-order valence-corrected chi connectivity index (χ0v) is 19.5. The standard InChI is InChI=1S/C24H25N5O3S/c1-4-20-27-28-24(33-20)26-23(32)18-7-5-6-8-19(18)25-22(31)16-12-21(30)29(13-16)17-10-14(2)9-15(3)11-17/h5-11,16H,4,12-13H2,1-3H3,(H,25,31)(H,26,28,32). The number of nitrogens with zero attached hydrogens (tertiary/aromatic N) is 3. The zero-order valence-electron chi connectivity index (χ0n) is 18.7. The van der Waals surface area contributed by atoms with Crippen molar-refractivity contribution in [1.82, 2.24) is 10.2 Å².